The van der Waals surface area contributed by atoms with E-state index in [2.05, 4.69) is 13.8 Å². The molecule has 0 aromatic heterocycles. The Morgan fingerprint density at radius 2 is 1.26 bits per heavy atom. The van der Waals surface area contributed by atoms with E-state index in [0.29, 0.717) is 5.41 Å². The van der Waals surface area contributed by atoms with Crippen molar-refractivity contribution < 1.29 is 0 Å². The van der Waals surface area contributed by atoms with Crippen LogP contribution in [0.3, 0.4) is 0 Å². The first kappa shape index (κ1) is 14.0. The van der Waals surface area contributed by atoms with Gasteiger partial charge < -0.3 is 0 Å². The number of hydrogen-bond donors (Lipinski definition) is 0. The smallest absolute Gasteiger partial charge is 0.0349 e. The van der Waals surface area contributed by atoms with E-state index in [1.54, 1.807) is 38.5 Å². The molecular weight excluding hydrogens is 228 g/mol. The molecule has 0 spiro atoms. The quantitative estimate of drug-likeness (QED) is 0.534. The topological polar surface area (TPSA) is 0 Å². The maximum absolute atomic E-state index is 2.55. The summed E-state index contributed by atoms with van der Waals surface area (Å²) in [4.78, 5) is 0. The molecule has 3 saturated carbocycles. The minimum absolute atomic E-state index is 0.626. The fourth-order valence-electron chi connectivity index (χ4n) is 5.12. The Balaban J connectivity index is 1.39. The minimum atomic E-state index is 0.626. The summed E-state index contributed by atoms with van der Waals surface area (Å²) in [5.74, 6) is 4.39. The molecule has 0 N–H and O–H groups in total. The largest absolute Gasteiger partial charge is 0.0599 e. The predicted molar refractivity (Wildman–Crippen MR) is 83.1 cm³/mol. The normalized spacial score (nSPS) is 33.2. The van der Waals surface area contributed by atoms with Crippen LogP contribution in [0.15, 0.2) is 0 Å². The Hall–Kier alpha value is 0. The fraction of sp³-hybridized carbons (Fsp3) is 1.00. The van der Waals surface area contributed by atoms with Crippen molar-refractivity contribution in [3.8, 4) is 0 Å². The molecule has 0 saturated heterocycles. The summed E-state index contributed by atoms with van der Waals surface area (Å²) in [7, 11) is 0. The van der Waals surface area contributed by atoms with Gasteiger partial charge in [-0.05, 0) is 54.8 Å². The standard InChI is InChI=1S/C19H34/c1-19(2,13-16-7-4-8-16)14-18-10-9-17(12-18)11-15-5-3-6-15/h15-18H,3-14H2,1-2H3. The summed E-state index contributed by atoms with van der Waals surface area (Å²) in [5, 5.41) is 0. The first-order valence-corrected chi connectivity index (χ1v) is 9.11. The highest BCUT2D eigenvalue weighted by molar-refractivity contribution is 4.85. The zero-order valence-electron chi connectivity index (χ0n) is 13.3. The molecule has 0 bridgehead atoms. The molecule has 0 aromatic rings. The molecule has 2 atom stereocenters. The van der Waals surface area contributed by atoms with Crippen molar-refractivity contribution in [3.05, 3.63) is 0 Å². The highest BCUT2D eigenvalue weighted by Gasteiger charge is 2.34. The molecule has 0 heterocycles. The van der Waals surface area contributed by atoms with Gasteiger partial charge in [-0.3, -0.25) is 0 Å². The average molecular weight is 262 g/mol. The Kier molecular flexibility index (Phi) is 4.25. The van der Waals surface area contributed by atoms with Gasteiger partial charge >= 0.3 is 0 Å². The van der Waals surface area contributed by atoms with Crippen LogP contribution in [0.1, 0.15) is 90.9 Å². The lowest BCUT2D eigenvalue weighted by Gasteiger charge is -2.36. The summed E-state index contributed by atoms with van der Waals surface area (Å²) in [5.41, 5.74) is 0.626. The molecule has 0 heteroatoms. The first-order valence-electron chi connectivity index (χ1n) is 9.11. The maximum Gasteiger partial charge on any atom is -0.0349 e. The maximum atomic E-state index is 2.55. The highest BCUT2D eigenvalue weighted by atomic mass is 14.4. The van der Waals surface area contributed by atoms with E-state index in [9.17, 15) is 0 Å². The van der Waals surface area contributed by atoms with Crippen LogP contribution in [0.5, 0.6) is 0 Å². The fourth-order valence-corrected chi connectivity index (χ4v) is 5.12. The number of rotatable bonds is 6. The van der Waals surface area contributed by atoms with Crippen molar-refractivity contribution in [1.82, 2.24) is 0 Å². The van der Waals surface area contributed by atoms with E-state index >= 15 is 0 Å². The SMILES string of the molecule is CC(C)(CC1CCC1)CC1CCC(CC2CCC2)C1. The van der Waals surface area contributed by atoms with Crippen LogP contribution >= 0.6 is 0 Å². The Labute approximate surface area is 120 Å². The average Bonchev–Trinajstić information content (AvgIpc) is 2.65. The van der Waals surface area contributed by atoms with Crippen LogP contribution in [0.25, 0.3) is 0 Å². The molecule has 3 rings (SSSR count). The molecule has 3 aliphatic rings. The summed E-state index contributed by atoms with van der Waals surface area (Å²) in [6.45, 7) is 5.09. The molecule has 3 fully saturated rings. The third kappa shape index (κ3) is 3.76. The summed E-state index contributed by atoms with van der Waals surface area (Å²) in [6.07, 6.45) is 18.5. The van der Waals surface area contributed by atoms with Gasteiger partial charge in [0.15, 0.2) is 0 Å². The first-order chi connectivity index (χ1) is 9.11. The van der Waals surface area contributed by atoms with Crippen LogP contribution < -0.4 is 0 Å². The molecule has 0 amide bonds. The molecule has 0 aromatic carbocycles. The van der Waals surface area contributed by atoms with Gasteiger partial charge in [-0.15, -0.1) is 0 Å². The van der Waals surface area contributed by atoms with Gasteiger partial charge in [0.1, 0.15) is 0 Å². The molecule has 0 nitrogen and oxygen atoms in total. The second kappa shape index (κ2) is 5.78. The van der Waals surface area contributed by atoms with E-state index in [0.717, 1.165) is 23.7 Å². The van der Waals surface area contributed by atoms with E-state index in [1.165, 1.54) is 38.5 Å². The van der Waals surface area contributed by atoms with Crippen molar-refractivity contribution in [2.75, 3.05) is 0 Å². The Morgan fingerprint density at radius 1 is 0.684 bits per heavy atom. The van der Waals surface area contributed by atoms with Crippen molar-refractivity contribution in [1.29, 1.82) is 0 Å². The monoisotopic (exact) mass is 262 g/mol. The van der Waals surface area contributed by atoms with Gasteiger partial charge in [0.05, 0.1) is 0 Å². The number of hydrogen-bond acceptors (Lipinski definition) is 0. The van der Waals surface area contributed by atoms with Crippen LogP contribution in [0.4, 0.5) is 0 Å². The Morgan fingerprint density at radius 3 is 1.84 bits per heavy atom. The summed E-state index contributed by atoms with van der Waals surface area (Å²) in [6, 6.07) is 0. The van der Waals surface area contributed by atoms with Gasteiger partial charge in [-0.25, -0.2) is 0 Å². The van der Waals surface area contributed by atoms with Crippen molar-refractivity contribution in [3.63, 3.8) is 0 Å². The van der Waals surface area contributed by atoms with Gasteiger partial charge in [0.2, 0.25) is 0 Å². The zero-order valence-corrected chi connectivity index (χ0v) is 13.3. The lowest BCUT2D eigenvalue weighted by Crippen LogP contribution is -2.24. The summed E-state index contributed by atoms with van der Waals surface area (Å²) >= 11 is 0. The highest BCUT2D eigenvalue weighted by Crippen LogP contribution is 2.46. The Bertz CT molecular complexity index is 282. The van der Waals surface area contributed by atoms with Crippen LogP contribution in [0, 0.1) is 29.1 Å². The second-order valence-electron chi connectivity index (χ2n) is 8.95. The summed E-state index contributed by atoms with van der Waals surface area (Å²) < 4.78 is 0. The molecular formula is C19H34. The third-order valence-electron chi connectivity index (χ3n) is 6.45. The molecule has 3 aliphatic carbocycles. The minimum Gasteiger partial charge on any atom is -0.0599 e. The predicted octanol–water partition coefficient (Wildman–Crippen LogP) is 6.20. The van der Waals surface area contributed by atoms with Crippen LogP contribution in [-0.2, 0) is 0 Å². The van der Waals surface area contributed by atoms with Crippen molar-refractivity contribution in [2.24, 2.45) is 29.1 Å². The van der Waals surface area contributed by atoms with Gasteiger partial charge in [-0.2, -0.15) is 0 Å². The molecule has 110 valence electrons. The zero-order chi connectivity index (χ0) is 13.3. The van der Waals surface area contributed by atoms with Crippen molar-refractivity contribution in [2.45, 2.75) is 90.9 Å². The molecule has 19 heavy (non-hydrogen) atoms. The van der Waals surface area contributed by atoms with E-state index in [1.807, 2.05) is 0 Å². The van der Waals surface area contributed by atoms with E-state index < -0.39 is 0 Å². The van der Waals surface area contributed by atoms with Gasteiger partial charge in [-0.1, -0.05) is 65.2 Å². The lowest BCUT2D eigenvalue weighted by molar-refractivity contribution is 0.157. The molecule has 2 unspecified atom stereocenters. The van der Waals surface area contributed by atoms with Gasteiger partial charge in [0.25, 0.3) is 0 Å². The van der Waals surface area contributed by atoms with E-state index in [4.69, 9.17) is 0 Å². The van der Waals surface area contributed by atoms with Crippen LogP contribution in [0.2, 0.25) is 0 Å². The second-order valence-corrected chi connectivity index (χ2v) is 8.95. The third-order valence-corrected chi connectivity index (χ3v) is 6.45. The lowest BCUT2D eigenvalue weighted by atomic mass is 9.70. The van der Waals surface area contributed by atoms with Crippen LogP contribution in [-0.4, -0.2) is 0 Å². The van der Waals surface area contributed by atoms with Gasteiger partial charge in [0, 0.05) is 0 Å². The molecule has 0 aliphatic heterocycles. The van der Waals surface area contributed by atoms with Crippen molar-refractivity contribution >= 4 is 0 Å². The molecule has 0 radical (unpaired) electrons. The van der Waals surface area contributed by atoms with E-state index in [-0.39, 0.29) is 0 Å².